The van der Waals surface area contributed by atoms with Gasteiger partial charge in [0.1, 0.15) is 5.75 Å². The van der Waals surface area contributed by atoms with Crippen LogP contribution < -0.4 is 10.5 Å². The maximum atomic E-state index is 11.8. The molecule has 4 heteroatoms. The lowest BCUT2D eigenvalue weighted by Crippen LogP contribution is -2.34. The fourth-order valence-corrected chi connectivity index (χ4v) is 2.31. The van der Waals surface area contributed by atoms with Gasteiger partial charge in [-0.15, -0.1) is 0 Å². The van der Waals surface area contributed by atoms with E-state index in [4.69, 9.17) is 10.5 Å². The maximum absolute atomic E-state index is 11.8. The smallest absolute Gasteiger partial charge is 0.260 e. The predicted molar refractivity (Wildman–Crippen MR) is 86.5 cm³/mol. The first-order valence-corrected chi connectivity index (χ1v) is 7.85. The molecule has 1 aromatic rings. The third-order valence-electron chi connectivity index (χ3n) is 3.56. The van der Waals surface area contributed by atoms with Crippen molar-refractivity contribution in [3.8, 4) is 5.75 Å². The molecule has 21 heavy (non-hydrogen) atoms. The Morgan fingerprint density at radius 1 is 1.19 bits per heavy atom. The minimum Gasteiger partial charge on any atom is -0.484 e. The van der Waals surface area contributed by atoms with Gasteiger partial charge in [-0.1, -0.05) is 25.5 Å². The number of rotatable bonds is 9. The molecule has 1 atom stereocenters. The van der Waals surface area contributed by atoms with E-state index in [2.05, 4.69) is 6.92 Å². The van der Waals surface area contributed by atoms with Gasteiger partial charge in [0, 0.05) is 19.1 Å². The van der Waals surface area contributed by atoms with Crippen LogP contribution in [0.1, 0.15) is 39.2 Å². The average molecular weight is 292 g/mol. The summed E-state index contributed by atoms with van der Waals surface area (Å²) in [7, 11) is 0. The molecule has 0 radical (unpaired) electrons. The molecule has 2 N–H and O–H groups in total. The van der Waals surface area contributed by atoms with Gasteiger partial charge in [-0.05, 0) is 44.4 Å². The van der Waals surface area contributed by atoms with E-state index in [1.807, 2.05) is 38.1 Å². The van der Waals surface area contributed by atoms with Crippen LogP contribution in [0.25, 0.3) is 0 Å². The zero-order valence-corrected chi connectivity index (χ0v) is 13.5. The summed E-state index contributed by atoms with van der Waals surface area (Å²) in [6.45, 7) is 7.60. The number of amides is 1. The van der Waals surface area contributed by atoms with Gasteiger partial charge in [0.15, 0.2) is 6.61 Å². The summed E-state index contributed by atoms with van der Waals surface area (Å²) in [6.07, 6.45) is 3.03. The Hall–Kier alpha value is -1.55. The molecule has 0 aliphatic carbocycles. The number of ether oxygens (including phenoxy) is 1. The minimum absolute atomic E-state index is 0.0223. The molecular formula is C17H28N2O2. The van der Waals surface area contributed by atoms with Crippen LogP contribution in [0, 0.1) is 0 Å². The topological polar surface area (TPSA) is 55.6 Å². The fourth-order valence-electron chi connectivity index (χ4n) is 2.31. The highest BCUT2D eigenvalue weighted by molar-refractivity contribution is 5.77. The van der Waals surface area contributed by atoms with Crippen molar-refractivity contribution in [1.29, 1.82) is 0 Å². The standard InChI is InChI=1S/C17H28N2O2/c1-4-7-15(18)12-14-8-10-16(11-9-14)21-13-17(20)19(5-2)6-3/h8-11,15H,4-7,12-13,18H2,1-3H3. The van der Waals surface area contributed by atoms with Gasteiger partial charge in [-0.3, -0.25) is 4.79 Å². The Kier molecular flexibility index (Phi) is 7.83. The van der Waals surface area contributed by atoms with E-state index in [0.29, 0.717) is 13.1 Å². The number of carbonyl (C=O) groups excluding carboxylic acids is 1. The lowest BCUT2D eigenvalue weighted by molar-refractivity contribution is -0.132. The Morgan fingerprint density at radius 3 is 2.33 bits per heavy atom. The van der Waals surface area contributed by atoms with Crippen molar-refractivity contribution < 1.29 is 9.53 Å². The second-order valence-corrected chi connectivity index (χ2v) is 5.25. The van der Waals surface area contributed by atoms with E-state index in [0.717, 1.165) is 25.0 Å². The first-order chi connectivity index (χ1) is 10.1. The number of likely N-dealkylation sites (N-methyl/N-ethyl adjacent to an activating group) is 1. The monoisotopic (exact) mass is 292 g/mol. The molecule has 118 valence electrons. The minimum atomic E-state index is 0.0223. The maximum Gasteiger partial charge on any atom is 0.260 e. The average Bonchev–Trinajstić information content (AvgIpc) is 2.48. The van der Waals surface area contributed by atoms with Crippen LogP contribution in [-0.4, -0.2) is 36.5 Å². The molecule has 0 heterocycles. The molecule has 0 aromatic heterocycles. The van der Waals surface area contributed by atoms with Crippen molar-refractivity contribution in [1.82, 2.24) is 4.90 Å². The molecule has 0 bridgehead atoms. The molecular weight excluding hydrogens is 264 g/mol. The lowest BCUT2D eigenvalue weighted by Gasteiger charge is -2.18. The highest BCUT2D eigenvalue weighted by Gasteiger charge is 2.10. The quantitative estimate of drug-likeness (QED) is 0.761. The Bertz CT molecular complexity index is 413. The second kappa shape index (κ2) is 9.40. The summed E-state index contributed by atoms with van der Waals surface area (Å²) in [5, 5.41) is 0. The molecule has 0 aliphatic heterocycles. The summed E-state index contributed by atoms with van der Waals surface area (Å²) in [6, 6.07) is 8.07. The van der Waals surface area contributed by atoms with Crippen LogP contribution in [0.3, 0.4) is 0 Å². The van der Waals surface area contributed by atoms with Crippen molar-refractivity contribution in [3.63, 3.8) is 0 Å². The van der Waals surface area contributed by atoms with Gasteiger partial charge in [-0.2, -0.15) is 0 Å². The van der Waals surface area contributed by atoms with Crippen molar-refractivity contribution in [2.24, 2.45) is 5.73 Å². The second-order valence-electron chi connectivity index (χ2n) is 5.25. The Labute approximate surface area is 128 Å². The van der Waals surface area contributed by atoms with Crippen LogP contribution in [0.15, 0.2) is 24.3 Å². The molecule has 0 aliphatic rings. The molecule has 0 fully saturated rings. The van der Waals surface area contributed by atoms with Gasteiger partial charge >= 0.3 is 0 Å². The Morgan fingerprint density at radius 2 is 1.81 bits per heavy atom. The van der Waals surface area contributed by atoms with Gasteiger partial charge in [0.2, 0.25) is 0 Å². The molecule has 4 nitrogen and oxygen atoms in total. The summed E-state index contributed by atoms with van der Waals surface area (Å²) in [5.74, 6) is 0.748. The Balaban J connectivity index is 2.46. The third-order valence-corrected chi connectivity index (χ3v) is 3.56. The van der Waals surface area contributed by atoms with Crippen LogP contribution in [-0.2, 0) is 11.2 Å². The summed E-state index contributed by atoms with van der Waals surface area (Å²) >= 11 is 0. The lowest BCUT2D eigenvalue weighted by atomic mass is 10.0. The summed E-state index contributed by atoms with van der Waals surface area (Å²) < 4.78 is 5.54. The molecule has 0 spiro atoms. The molecule has 0 saturated heterocycles. The van der Waals surface area contributed by atoms with Crippen LogP contribution in [0.2, 0.25) is 0 Å². The number of hydrogen-bond acceptors (Lipinski definition) is 3. The van der Waals surface area contributed by atoms with E-state index < -0.39 is 0 Å². The predicted octanol–water partition coefficient (Wildman–Crippen LogP) is 2.60. The highest BCUT2D eigenvalue weighted by atomic mass is 16.5. The van der Waals surface area contributed by atoms with E-state index in [-0.39, 0.29) is 18.6 Å². The zero-order chi connectivity index (χ0) is 15.7. The van der Waals surface area contributed by atoms with Crippen LogP contribution in [0.4, 0.5) is 0 Å². The summed E-state index contributed by atoms with van der Waals surface area (Å²) in [5.41, 5.74) is 7.24. The van der Waals surface area contributed by atoms with E-state index >= 15 is 0 Å². The van der Waals surface area contributed by atoms with E-state index in [1.54, 1.807) is 4.90 Å². The van der Waals surface area contributed by atoms with Crippen molar-refractivity contribution in [2.75, 3.05) is 19.7 Å². The first-order valence-electron chi connectivity index (χ1n) is 7.85. The van der Waals surface area contributed by atoms with Gasteiger partial charge in [0.25, 0.3) is 5.91 Å². The van der Waals surface area contributed by atoms with Gasteiger partial charge < -0.3 is 15.4 Å². The molecule has 1 rings (SSSR count). The van der Waals surface area contributed by atoms with Crippen LogP contribution >= 0.6 is 0 Å². The number of nitrogens with zero attached hydrogens (tertiary/aromatic N) is 1. The van der Waals surface area contributed by atoms with E-state index in [1.165, 1.54) is 5.56 Å². The number of hydrogen-bond donors (Lipinski definition) is 1. The molecule has 0 saturated carbocycles. The van der Waals surface area contributed by atoms with Crippen molar-refractivity contribution in [2.45, 2.75) is 46.1 Å². The van der Waals surface area contributed by atoms with Gasteiger partial charge in [0.05, 0.1) is 0 Å². The number of benzene rings is 1. The largest absolute Gasteiger partial charge is 0.484 e. The van der Waals surface area contributed by atoms with Gasteiger partial charge in [-0.25, -0.2) is 0 Å². The first kappa shape index (κ1) is 17.5. The van der Waals surface area contributed by atoms with E-state index in [9.17, 15) is 4.79 Å². The molecule has 1 aromatic carbocycles. The number of nitrogens with two attached hydrogens (primary N) is 1. The normalized spacial score (nSPS) is 12.0. The highest BCUT2D eigenvalue weighted by Crippen LogP contribution is 2.14. The SMILES string of the molecule is CCCC(N)Cc1ccc(OCC(=O)N(CC)CC)cc1. The van der Waals surface area contributed by atoms with Crippen LogP contribution in [0.5, 0.6) is 5.75 Å². The third kappa shape index (κ3) is 6.17. The number of carbonyl (C=O) groups is 1. The van der Waals surface area contributed by atoms with Crippen molar-refractivity contribution >= 4 is 5.91 Å². The fraction of sp³-hybridized carbons (Fsp3) is 0.588. The molecule has 1 amide bonds. The van der Waals surface area contributed by atoms with Crippen molar-refractivity contribution in [3.05, 3.63) is 29.8 Å². The zero-order valence-electron chi connectivity index (χ0n) is 13.5. The summed E-state index contributed by atoms with van der Waals surface area (Å²) in [4.78, 5) is 13.6. The molecule has 1 unspecified atom stereocenters.